The zero-order valence-electron chi connectivity index (χ0n) is 9.48. The highest BCUT2D eigenvalue weighted by atomic mass is 79.9. The van der Waals surface area contributed by atoms with E-state index in [0.29, 0.717) is 0 Å². The van der Waals surface area contributed by atoms with Gasteiger partial charge in [0.25, 0.3) is 0 Å². The second kappa shape index (κ2) is 5.62. The summed E-state index contributed by atoms with van der Waals surface area (Å²) in [6.45, 7) is 2.92. The Morgan fingerprint density at radius 1 is 1.53 bits per heavy atom. The largest absolute Gasteiger partial charge is 0.398 e. The van der Waals surface area contributed by atoms with E-state index in [1.54, 1.807) is 11.3 Å². The van der Waals surface area contributed by atoms with Crippen LogP contribution in [0.1, 0.15) is 23.5 Å². The molecule has 1 heterocycles. The molecule has 17 heavy (non-hydrogen) atoms. The van der Waals surface area contributed by atoms with Crippen LogP contribution in [0.25, 0.3) is 0 Å². The average molecular weight is 312 g/mol. The van der Waals surface area contributed by atoms with E-state index in [4.69, 9.17) is 5.73 Å². The fraction of sp³-hybridized carbons (Fsp3) is 0.250. The third kappa shape index (κ3) is 3.28. The summed E-state index contributed by atoms with van der Waals surface area (Å²) in [6, 6.07) is 6.25. The van der Waals surface area contributed by atoms with Gasteiger partial charge in [-0.3, -0.25) is 0 Å². The fourth-order valence-corrected chi connectivity index (χ4v) is 2.58. The highest BCUT2D eigenvalue weighted by molar-refractivity contribution is 9.10. The molecule has 0 radical (unpaired) electrons. The van der Waals surface area contributed by atoms with Crippen molar-refractivity contribution in [3.8, 4) is 0 Å². The number of benzene rings is 1. The molecule has 1 aromatic carbocycles. The van der Waals surface area contributed by atoms with Gasteiger partial charge in [0.2, 0.25) is 0 Å². The van der Waals surface area contributed by atoms with Crippen LogP contribution in [-0.2, 0) is 6.54 Å². The van der Waals surface area contributed by atoms with Crippen LogP contribution in [0.4, 0.5) is 5.69 Å². The monoisotopic (exact) mass is 311 g/mol. The molecule has 0 saturated heterocycles. The SMILES string of the molecule is CC(NCc1ccc(N)c(Br)c1)c1nccs1. The van der Waals surface area contributed by atoms with E-state index in [1.165, 1.54) is 5.56 Å². The molecule has 0 fully saturated rings. The van der Waals surface area contributed by atoms with Crippen molar-refractivity contribution >= 4 is 33.0 Å². The first-order chi connectivity index (χ1) is 8.16. The molecule has 90 valence electrons. The molecule has 2 rings (SSSR count). The molecule has 3 N–H and O–H groups in total. The smallest absolute Gasteiger partial charge is 0.109 e. The van der Waals surface area contributed by atoms with E-state index in [1.807, 2.05) is 29.8 Å². The van der Waals surface area contributed by atoms with Crippen molar-refractivity contribution in [1.82, 2.24) is 10.3 Å². The maximum Gasteiger partial charge on any atom is 0.109 e. The fourth-order valence-electron chi connectivity index (χ4n) is 1.49. The number of nitrogens with zero attached hydrogens (tertiary/aromatic N) is 1. The molecule has 3 nitrogen and oxygen atoms in total. The molecule has 0 aliphatic heterocycles. The lowest BCUT2D eigenvalue weighted by Gasteiger charge is -2.11. The summed E-state index contributed by atoms with van der Waals surface area (Å²) >= 11 is 5.10. The van der Waals surface area contributed by atoms with Gasteiger partial charge in [-0.25, -0.2) is 4.98 Å². The Balaban J connectivity index is 1.96. The lowest BCUT2D eigenvalue weighted by Crippen LogP contribution is -2.17. The van der Waals surface area contributed by atoms with E-state index in [-0.39, 0.29) is 6.04 Å². The number of halogens is 1. The average Bonchev–Trinajstić information content (AvgIpc) is 2.84. The topological polar surface area (TPSA) is 50.9 Å². The molecule has 1 atom stereocenters. The second-order valence-electron chi connectivity index (χ2n) is 3.83. The van der Waals surface area contributed by atoms with Gasteiger partial charge < -0.3 is 11.1 Å². The van der Waals surface area contributed by atoms with E-state index in [9.17, 15) is 0 Å². The Morgan fingerprint density at radius 3 is 3.00 bits per heavy atom. The van der Waals surface area contributed by atoms with Gasteiger partial charge in [0.1, 0.15) is 5.01 Å². The van der Waals surface area contributed by atoms with Gasteiger partial charge in [0.15, 0.2) is 0 Å². The van der Waals surface area contributed by atoms with Crippen molar-refractivity contribution in [2.24, 2.45) is 0 Å². The van der Waals surface area contributed by atoms with Crippen LogP contribution in [-0.4, -0.2) is 4.98 Å². The Hall–Kier alpha value is -0.910. The van der Waals surface area contributed by atoms with E-state index in [0.717, 1.165) is 21.7 Å². The Kier molecular flexibility index (Phi) is 4.15. The first kappa shape index (κ1) is 12.5. The minimum Gasteiger partial charge on any atom is -0.398 e. The lowest BCUT2D eigenvalue weighted by molar-refractivity contribution is 0.572. The van der Waals surface area contributed by atoms with Gasteiger partial charge in [-0.05, 0) is 40.5 Å². The molecular formula is C12H14BrN3S. The highest BCUT2D eigenvalue weighted by Gasteiger charge is 2.07. The second-order valence-corrected chi connectivity index (χ2v) is 5.61. The van der Waals surface area contributed by atoms with Crippen molar-refractivity contribution in [2.45, 2.75) is 19.5 Å². The van der Waals surface area contributed by atoms with Gasteiger partial charge in [-0.2, -0.15) is 0 Å². The summed E-state index contributed by atoms with van der Waals surface area (Å²) in [7, 11) is 0. The number of anilines is 1. The highest BCUT2D eigenvalue weighted by Crippen LogP contribution is 2.21. The van der Waals surface area contributed by atoms with Crippen molar-refractivity contribution in [1.29, 1.82) is 0 Å². The van der Waals surface area contributed by atoms with Crippen molar-refractivity contribution in [2.75, 3.05) is 5.73 Å². The van der Waals surface area contributed by atoms with Crippen molar-refractivity contribution < 1.29 is 0 Å². The molecule has 1 aromatic heterocycles. The number of rotatable bonds is 4. The van der Waals surface area contributed by atoms with Gasteiger partial charge in [0, 0.05) is 28.3 Å². The molecular weight excluding hydrogens is 298 g/mol. The third-order valence-electron chi connectivity index (χ3n) is 2.50. The number of nitrogen functional groups attached to an aromatic ring is 1. The predicted octanol–water partition coefficient (Wildman–Crippen LogP) is 3.34. The summed E-state index contributed by atoms with van der Waals surface area (Å²) in [5.74, 6) is 0. The minimum atomic E-state index is 0.270. The number of hydrogen-bond acceptors (Lipinski definition) is 4. The van der Waals surface area contributed by atoms with Gasteiger partial charge in [0.05, 0.1) is 6.04 Å². The van der Waals surface area contributed by atoms with Crippen molar-refractivity contribution in [3.05, 3.63) is 44.8 Å². The molecule has 0 bridgehead atoms. The molecule has 0 amide bonds. The lowest BCUT2D eigenvalue weighted by atomic mass is 10.2. The first-order valence-electron chi connectivity index (χ1n) is 5.33. The van der Waals surface area contributed by atoms with Crippen LogP contribution in [0.3, 0.4) is 0 Å². The number of hydrogen-bond donors (Lipinski definition) is 2. The van der Waals surface area contributed by atoms with E-state index >= 15 is 0 Å². The quantitative estimate of drug-likeness (QED) is 0.851. The number of thiazole rings is 1. The van der Waals surface area contributed by atoms with E-state index in [2.05, 4.69) is 33.2 Å². The maximum absolute atomic E-state index is 5.75. The number of nitrogens with two attached hydrogens (primary N) is 1. The molecule has 0 aliphatic carbocycles. The zero-order valence-corrected chi connectivity index (χ0v) is 11.9. The maximum atomic E-state index is 5.75. The first-order valence-corrected chi connectivity index (χ1v) is 7.01. The molecule has 0 aliphatic rings. The normalized spacial score (nSPS) is 12.6. The molecule has 0 spiro atoms. The minimum absolute atomic E-state index is 0.270. The summed E-state index contributed by atoms with van der Waals surface area (Å²) < 4.78 is 0.943. The number of nitrogens with one attached hydrogen (secondary N) is 1. The Labute approximate surface area is 113 Å². The molecule has 1 unspecified atom stereocenters. The van der Waals surface area contributed by atoms with Crippen molar-refractivity contribution in [3.63, 3.8) is 0 Å². The third-order valence-corrected chi connectivity index (χ3v) is 4.14. The number of aromatic nitrogens is 1. The van der Waals surface area contributed by atoms with Gasteiger partial charge >= 0.3 is 0 Å². The summed E-state index contributed by atoms with van der Waals surface area (Å²) in [6.07, 6.45) is 1.83. The van der Waals surface area contributed by atoms with Crippen LogP contribution in [0.2, 0.25) is 0 Å². The molecule has 0 saturated carbocycles. The predicted molar refractivity (Wildman–Crippen MR) is 75.9 cm³/mol. The standard InChI is InChI=1S/C12H14BrN3S/c1-8(12-15-4-5-17-12)16-7-9-2-3-11(14)10(13)6-9/h2-6,8,16H,7,14H2,1H3. The van der Waals surface area contributed by atoms with Gasteiger partial charge in [-0.1, -0.05) is 6.07 Å². The van der Waals surface area contributed by atoms with Gasteiger partial charge in [-0.15, -0.1) is 11.3 Å². The van der Waals surface area contributed by atoms with Crippen LogP contribution < -0.4 is 11.1 Å². The zero-order chi connectivity index (χ0) is 12.3. The Bertz CT molecular complexity index is 485. The Morgan fingerprint density at radius 2 is 2.35 bits per heavy atom. The summed E-state index contributed by atoms with van der Waals surface area (Å²) in [4.78, 5) is 4.29. The molecule has 5 heteroatoms. The van der Waals surface area contributed by atoms with Crippen LogP contribution >= 0.6 is 27.3 Å². The summed E-state index contributed by atoms with van der Waals surface area (Å²) in [5.41, 5.74) is 7.71. The van der Waals surface area contributed by atoms with Crippen LogP contribution in [0.15, 0.2) is 34.2 Å². The molecule has 2 aromatic rings. The van der Waals surface area contributed by atoms with Crippen LogP contribution in [0, 0.1) is 0 Å². The summed E-state index contributed by atoms with van der Waals surface area (Å²) in [5, 5.41) is 6.54. The van der Waals surface area contributed by atoms with Crippen LogP contribution in [0.5, 0.6) is 0 Å². The van der Waals surface area contributed by atoms with E-state index < -0.39 is 0 Å².